The van der Waals surface area contributed by atoms with Crippen LogP contribution >= 0.6 is 15.9 Å². The van der Waals surface area contributed by atoms with Gasteiger partial charge in [0.1, 0.15) is 0 Å². The quantitative estimate of drug-likeness (QED) is 0.834. The Hall–Kier alpha value is -0.590. The van der Waals surface area contributed by atoms with Gasteiger partial charge in [-0.1, -0.05) is 22.0 Å². The summed E-state index contributed by atoms with van der Waals surface area (Å²) in [5.74, 6) is 0. The van der Waals surface area contributed by atoms with Crippen molar-refractivity contribution in [1.29, 1.82) is 0 Å². The average molecular weight is 338 g/mol. The number of rotatable bonds is 3. The first kappa shape index (κ1) is 14.8. The normalized spacial score (nSPS) is 21.0. The van der Waals surface area contributed by atoms with Crippen molar-refractivity contribution < 1.29 is 17.9 Å². The predicted octanol–water partition coefficient (Wildman–Crippen LogP) is 3.69. The van der Waals surface area contributed by atoms with Crippen LogP contribution < -0.4 is 0 Å². The Morgan fingerprint density at radius 3 is 2.68 bits per heavy atom. The largest absolute Gasteiger partial charge is 0.417 e. The number of methoxy groups -OCH3 is 1. The molecule has 6 heteroatoms. The highest BCUT2D eigenvalue weighted by molar-refractivity contribution is 9.10. The van der Waals surface area contributed by atoms with Crippen LogP contribution in [0.4, 0.5) is 13.2 Å². The summed E-state index contributed by atoms with van der Waals surface area (Å²) in [5.41, 5.74) is 0.240. The second-order valence-corrected chi connectivity index (χ2v) is 5.55. The molecule has 1 aromatic rings. The summed E-state index contributed by atoms with van der Waals surface area (Å²) < 4.78 is 43.2. The minimum Gasteiger partial charge on any atom is -0.380 e. The molecule has 1 atom stereocenters. The Balaban J connectivity index is 2.05. The maximum Gasteiger partial charge on any atom is 0.417 e. The van der Waals surface area contributed by atoms with Crippen LogP contribution in [-0.2, 0) is 17.5 Å². The second kappa shape index (κ2) is 5.81. The average Bonchev–Trinajstić information content (AvgIpc) is 2.75. The van der Waals surface area contributed by atoms with E-state index >= 15 is 0 Å². The smallest absolute Gasteiger partial charge is 0.380 e. The Bertz CT molecular complexity index is 450. The first-order valence-corrected chi connectivity index (χ1v) is 6.80. The number of likely N-dealkylation sites (tertiary alicyclic amines) is 1. The number of alkyl halides is 3. The maximum atomic E-state index is 12.6. The molecule has 0 radical (unpaired) electrons. The highest BCUT2D eigenvalue weighted by Gasteiger charge is 2.33. The van der Waals surface area contributed by atoms with Crippen LogP contribution in [0, 0.1) is 0 Å². The lowest BCUT2D eigenvalue weighted by atomic mass is 10.1. The van der Waals surface area contributed by atoms with E-state index in [4.69, 9.17) is 4.74 Å². The fourth-order valence-corrected chi connectivity index (χ4v) is 2.93. The number of halogens is 4. The molecule has 0 N–H and O–H groups in total. The molecule has 0 unspecified atom stereocenters. The van der Waals surface area contributed by atoms with E-state index in [0.29, 0.717) is 6.54 Å². The molecule has 2 nitrogen and oxygen atoms in total. The van der Waals surface area contributed by atoms with Gasteiger partial charge in [0.05, 0.1) is 11.7 Å². The van der Waals surface area contributed by atoms with Crippen LogP contribution in [0.1, 0.15) is 17.5 Å². The van der Waals surface area contributed by atoms with E-state index in [1.165, 1.54) is 6.07 Å². The van der Waals surface area contributed by atoms with Crippen molar-refractivity contribution in [2.45, 2.75) is 25.2 Å². The van der Waals surface area contributed by atoms with Gasteiger partial charge in [0.2, 0.25) is 0 Å². The van der Waals surface area contributed by atoms with Crippen LogP contribution in [0.25, 0.3) is 0 Å². The summed E-state index contributed by atoms with van der Waals surface area (Å²) in [5, 5.41) is 0. The van der Waals surface area contributed by atoms with Gasteiger partial charge in [0.15, 0.2) is 0 Å². The third kappa shape index (κ3) is 3.70. The lowest BCUT2D eigenvalue weighted by Crippen LogP contribution is -2.22. The van der Waals surface area contributed by atoms with Crippen molar-refractivity contribution >= 4 is 15.9 Å². The standard InChI is InChI=1S/C13H15BrF3NO/c1-19-10-4-5-18(8-10)7-9-2-3-11(12(14)6-9)13(15,16)17/h2-3,6,10H,4-5,7-8H2,1H3/t10-/m1/s1. The molecular formula is C13H15BrF3NO. The highest BCUT2D eigenvalue weighted by Crippen LogP contribution is 2.35. The van der Waals surface area contributed by atoms with E-state index in [2.05, 4.69) is 20.8 Å². The molecule has 1 aliphatic heterocycles. The van der Waals surface area contributed by atoms with Crippen LogP contribution in [0.3, 0.4) is 0 Å². The van der Waals surface area contributed by atoms with Crippen LogP contribution in [-0.4, -0.2) is 31.2 Å². The fraction of sp³-hybridized carbons (Fsp3) is 0.538. The molecule has 0 aromatic heterocycles. The molecule has 1 saturated heterocycles. The number of hydrogen-bond donors (Lipinski definition) is 0. The molecule has 0 saturated carbocycles. The summed E-state index contributed by atoms with van der Waals surface area (Å²) in [6, 6.07) is 4.21. The van der Waals surface area contributed by atoms with E-state index in [1.807, 2.05) is 0 Å². The molecule has 1 aromatic carbocycles. The molecule has 0 bridgehead atoms. The summed E-state index contributed by atoms with van der Waals surface area (Å²) in [6.45, 7) is 2.39. The minimum atomic E-state index is -4.31. The third-order valence-electron chi connectivity index (χ3n) is 3.31. The van der Waals surface area contributed by atoms with Crippen molar-refractivity contribution in [2.24, 2.45) is 0 Å². The summed E-state index contributed by atoms with van der Waals surface area (Å²) in [4.78, 5) is 2.18. The molecule has 0 aliphatic carbocycles. The van der Waals surface area contributed by atoms with Crippen LogP contribution in [0.5, 0.6) is 0 Å². The summed E-state index contributed by atoms with van der Waals surface area (Å²) in [6.07, 6.45) is -3.11. The molecule has 1 heterocycles. The zero-order valence-corrected chi connectivity index (χ0v) is 12.1. The first-order chi connectivity index (χ1) is 8.90. The van der Waals surface area contributed by atoms with Crippen molar-refractivity contribution in [1.82, 2.24) is 4.90 Å². The van der Waals surface area contributed by atoms with Gasteiger partial charge in [0, 0.05) is 31.2 Å². The fourth-order valence-electron chi connectivity index (χ4n) is 2.28. The van der Waals surface area contributed by atoms with E-state index in [-0.39, 0.29) is 10.6 Å². The Morgan fingerprint density at radius 1 is 1.42 bits per heavy atom. The van der Waals surface area contributed by atoms with Crippen molar-refractivity contribution in [2.75, 3.05) is 20.2 Å². The molecule has 0 spiro atoms. The van der Waals surface area contributed by atoms with Gasteiger partial charge < -0.3 is 4.74 Å². The van der Waals surface area contributed by atoms with E-state index in [1.54, 1.807) is 13.2 Å². The number of ether oxygens (including phenoxy) is 1. The second-order valence-electron chi connectivity index (χ2n) is 4.69. The lowest BCUT2D eigenvalue weighted by Gasteiger charge is -2.17. The molecule has 106 valence electrons. The van der Waals surface area contributed by atoms with Gasteiger partial charge in [-0.2, -0.15) is 13.2 Å². The highest BCUT2D eigenvalue weighted by atomic mass is 79.9. The summed E-state index contributed by atoms with van der Waals surface area (Å²) in [7, 11) is 1.68. The monoisotopic (exact) mass is 337 g/mol. The Morgan fingerprint density at radius 2 is 2.16 bits per heavy atom. The number of benzene rings is 1. The van der Waals surface area contributed by atoms with Gasteiger partial charge >= 0.3 is 6.18 Å². The summed E-state index contributed by atoms with van der Waals surface area (Å²) >= 11 is 2.99. The maximum absolute atomic E-state index is 12.6. The molecular weight excluding hydrogens is 323 g/mol. The SMILES string of the molecule is CO[C@@H]1CCN(Cc2ccc(C(F)(F)F)c(Br)c2)C1. The first-order valence-electron chi connectivity index (χ1n) is 6.01. The van der Waals surface area contributed by atoms with Crippen LogP contribution in [0.15, 0.2) is 22.7 Å². The molecule has 1 fully saturated rings. The van der Waals surface area contributed by atoms with E-state index in [0.717, 1.165) is 31.1 Å². The van der Waals surface area contributed by atoms with E-state index in [9.17, 15) is 13.2 Å². The lowest BCUT2D eigenvalue weighted by molar-refractivity contribution is -0.138. The Kier molecular flexibility index (Phi) is 4.53. The van der Waals surface area contributed by atoms with Gasteiger partial charge in [-0.25, -0.2) is 0 Å². The molecule has 19 heavy (non-hydrogen) atoms. The van der Waals surface area contributed by atoms with Gasteiger partial charge in [-0.3, -0.25) is 4.90 Å². The predicted molar refractivity (Wildman–Crippen MR) is 69.8 cm³/mol. The van der Waals surface area contributed by atoms with Crippen molar-refractivity contribution in [3.8, 4) is 0 Å². The number of hydrogen-bond acceptors (Lipinski definition) is 2. The molecule has 0 amide bonds. The Labute approximate surface area is 118 Å². The third-order valence-corrected chi connectivity index (χ3v) is 3.96. The van der Waals surface area contributed by atoms with Crippen molar-refractivity contribution in [3.05, 3.63) is 33.8 Å². The zero-order chi connectivity index (χ0) is 14.0. The van der Waals surface area contributed by atoms with Gasteiger partial charge in [-0.15, -0.1) is 0 Å². The minimum absolute atomic E-state index is 0.0972. The zero-order valence-electron chi connectivity index (χ0n) is 10.5. The topological polar surface area (TPSA) is 12.5 Å². The number of nitrogens with zero attached hydrogens (tertiary/aromatic N) is 1. The van der Waals surface area contributed by atoms with Gasteiger partial charge in [-0.05, 0) is 24.1 Å². The van der Waals surface area contributed by atoms with E-state index < -0.39 is 11.7 Å². The van der Waals surface area contributed by atoms with Crippen molar-refractivity contribution in [3.63, 3.8) is 0 Å². The molecule has 2 rings (SSSR count). The van der Waals surface area contributed by atoms with Crippen LogP contribution in [0.2, 0.25) is 0 Å². The van der Waals surface area contributed by atoms with Gasteiger partial charge in [0.25, 0.3) is 0 Å². The molecule has 1 aliphatic rings.